The van der Waals surface area contributed by atoms with Crippen molar-refractivity contribution in [2.45, 2.75) is 39.5 Å². The quantitative estimate of drug-likeness (QED) is 0.412. The van der Waals surface area contributed by atoms with Gasteiger partial charge in [-0.3, -0.25) is 0 Å². The summed E-state index contributed by atoms with van der Waals surface area (Å²) in [4.78, 5) is 10.8. The zero-order valence-corrected chi connectivity index (χ0v) is 8.84. The second kappa shape index (κ2) is 6.89. The Hall–Kier alpha value is -0.570. The minimum Gasteiger partial charge on any atom is -0.410 e. The number of oxime groups is 1. The van der Waals surface area contributed by atoms with Crippen LogP contribution < -0.4 is 0 Å². The molecule has 1 unspecified atom stereocenters. The van der Waals surface area contributed by atoms with E-state index < -0.39 is 0 Å². The molecular weight excluding hydrogens is 190 g/mol. The van der Waals surface area contributed by atoms with E-state index in [2.05, 4.69) is 12.1 Å². The van der Waals surface area contributed by atoms with Gasteiger partial charge in [-0.1, -0.05) is 36.5 Å². The van der Waals surface area contributed by atoms with Gasteiger partial charge in [0.15, 0.2) is 0 Å². The van der Waals surface area contributed by atoms with Gasteiger partial charge < -0.3 is 10.0 Å². The van der Waals surface area contributed by atoms with E-state index in [4.69, 9.17) is 16.8 Å². The van der Waals surface area contributed by atoms with Crippen LogP contribution in [0.15, 0.2) is 5.16 Å². The highest BCUT2D eigenvalue weighted by molar-refractivity contribution is 6.65. The number of rotatable bonds is 6. The lowest BCUT2D eigenvalue weighted by molar-refractivity contribution is -0.117. The lowest BCUT2D eigenvalue weighted by Crippen LogP contribution is -2.13. The molecule has 0 aromatic carbocycles. The standard InChI is InChI=1S/C9H16ClNO2/c1-3-4-5-8(6-7(2)12)9(10)11-13/h8,13H,3-6H2,1-2H3/b11-9-. The monoisotopic (exact) mass is 205 g/mol. The summed E-state index contributed by atoms with van der Waals surface area (Å²) in [5.41, 5.74) is 0. The van der Waals surface area contributed by atoms with Crippen LogP contribution in [-0.2, 0) is 4.79 Å². The first kappa shape index (κ1) is 12.4. The van der Waals surface area contributed by atoms with Crippen LogP contribution >= 0.6 is 11.6 Å². The summed E-state index contributed by atoms with van der Waals surface area (Å²) in [5, 5.41) is 11.5. The minimum atomic E-state index is -0.107. The molecule has 1 atom stereocenters. The molecular formula is C9H16ClNO2. The highest BCUT2D eigenvalue weighted by Crippen LogP contribution is 2.17. The maximum atomic E-state index is 10.8. The van der Waals surface area contributed by atoms with E-state index in [1.165, 1.54) is 6.92 Å². The van der Waals surface area contributed by atoms with Crippen LogP contribution in [0.2, 0.25) is 0 Å². The molecule has 0 saturated carbocycles. The van der Waals surface area contributed by atoms with Crippen molar-refractivity contribution in [3.63, 3.8) is 0 Å². The SMILES string of the molecule is CCCCC(CC(C)=O)/C(Cl)=N/O. The molecule has 0 fully saturated rings. The fourth-order valence-corrected chi connectivity index (χ4v) is 1.37. The summed E-state index contributed by atoms with van der Waals surface area (Å²) in [6, 6.07) is 0. The summed E-state index contributed by atoms with van der Waals surface area (Å²) in [7, 11) is 0. The van der Waals surface area contributed by atoms with Gasteiger partial charge in [0.2, 0.25) is 0 Å². The van der Waals surface area contributed by atoms with Gasteiger partial charge in [0.25, 0.3) is 0 Å². The topological polar surface area (TPSA) is 49.7 Å². The van der Waals surface area contributed by atoms with Crippen LogP contribution in [0.4, 0.5) is 0 Å². The molecule has 0 bridgehead atoms. The second-order valence-corrected chi connectivity index (χ2v) is 3.56. The molecule has 0 aromatic rings. The largest absolute Gasteiger partial charge is 0.410 e. The van der Waals surface area contributed by atoms with Crippen molar-refractivity contribution in [3.05, 3.63) is 0 Å². The molecule has 3 nitrogen and oxygen atoms in total. The lowest BCUT2D eigenvalue weighted by Gasteiger charge is -2.11. The first-order valence-corrected chi connectivity index (χ1v) is 4.86. The number of Topliss-reactive ketones (excluding diaryl/α,β-unsaturated/α-hetero) is 1. The zero-order chi connectivity index (χ0) is 10.3. The predicted octanol–water partition coefficient (Wildman–Crippen LogP) is 2.80. The fourth-order valence-electron chi connectivity index (χ4n) is 1.18. The number of hydrogen-bond acceptors (Lipinski definition) is 3. The third kappa shape index (κ3) is 5.64. The summed E-state index contributed by atoms with van der Waals surface area (Å²) >= 11 is 5.66. The maximum Gasteiger partial charge on any atom is 0.148 e. The minimum absolute atomic E-state index is 0.0721. The number of nitrogens with zero attached hydrogens (tertiary/aromatic N) is 1. The van der Waals surface area contributed by atoms with Crippen molar-refractivity contribution < 1.29 is 10.0 Å². The second-order valence-electron chi connectivity index (χ2n) is 3.17. The van der Waals surface area contributed by atoms with E-state index in [-0.39, 0.29) is 16.9 Å². The Morgan fingerprint density at radius 1 is 1.62 bits per heavy atom. The molecule has 0 heterocycles. The number of hydrogen-bond donors (Lipinski definition) is 1. The average Bonchev–Trinajstić information content (AvgIpc) is 2.10. The molecule has 1 N–H and O–H groups in total. The van der Waals surface area contributed by atoms with Crippen LogP contribution in [-0.4, -0.2) is 16.2 Å². The Balaban J connectivity index is 4.10. The van der Waals surface area contributed by atoms with E-state index in [0.29, 0.717) is 6.42 Å². The Morgan fingerprint density at radius 2 is 2.23 bits per heavy atom. The summed E-state index contributed by atoms with van der Waals surface area (Å²) in [6.45, 7) is 3.58. The van der Waals surface area contributed by atoms with Gasteiger partial charge in [-0.2, -0.15) is 0 Å². The number of carbonyl (C=O) groups excluding carboxylic acids is 1. The highest BCUT2D eigenvalue weighted by Gasteiger charge is 2.16. The Labute approximate surface area is 83.8 Å². The van der Waals surface area contributed by atoms with E-state index in [1.54, 1.807) is 0 Å². The molecule has 0 aromatic heterocycles. The molecule has 0 spiro atoms. The van der Waals surface area contributed by atoms with E-state index in [0.717, 1.165) is 19.3 Å². The molecule has 0 amide bonds. The van der Waals surface area contributed by atoms with Gasteiger partial charge in [0.1, 0.15) is 11.0 Å². The average molecular weight is 206 g/mol. The van der Waals surface area contributed by atoms with Gasteiger partial charge in [0.05, 0.1) is 0 Å². The fraction of sp³-hybridized carbons (Fsp3) is 0.778. The van der Waals surface area contributed by atoms with Crippen LogP contribution in [0, 0.1) is 5.92 Å². The van der Waals surface area contributed by atoms with Gasteiger partial charge in [0, 0.05) is 12.3 Å². The van der Waals surface area contributed by atoms with Crippen LogP contribution in [0.3, 0.4) is 0 Å². The molecule has 0 rings (SSSR count). The molecule has 0 aliphatic carbocycles. The normalized spacial score (nSPS) is 14.2. The van der Waals surface area contributed by atoms with Gasteiger partial charge in [-0.05, 0) is 13.3 Å². The Bertz CT molecular complexity index is 192. The molecule has 0 aliphatic rings. The van der Waals surface area contributed by atoms with E-state index >= 15 is 0 Å². The van der Waals surface area contributed by atoms with Crippen LogP contribution in [0.1, 0.15) is 39.5 Å². The van der Waals surface area contributed by atoms with Gasteiger partial charge in [-0.15, -0.1) is 0 Å². The predicted molar refractivity (Wildman–Crippen MR) is 53.4 cm³/mol. The van der Waals surface area contributed by atoms with E-state index in [9.17, 15) is 4.79 Å². The van der Waals surface area contributed by atoms with Crippen molar-refractivity contribution >= 4 is 22.6 Å². The van der Waals surface area contributed by atoms with Crippen molar-refractivity contribution in [2.75, 3.05) is 0 Å². The number of ketones is 1. The summed E-state index contributed by atoms with van der Waals surface area (Å²) in [5.74, 6) is -0.0352. The van der Waals surface area contributed by atoms with Crippen molar-refractivity contribution in [2.24, 2.45) is 11.1 Å². The van der Waals surface area contributed by atoms with Gasteiger partial charge in [-0.25, -0.2) is 0 Å². The molecule has 4 heteroatoms. The lowest BCUT2D eigenvalue weighted by atomic mass is 9.98. The summed E-state index contributed by atoms with van der Waals surface area (Å²) < 4.78 is 0. The molecule has 0 radical (unpaired) electrons. The van der Waals surface area contributed by atoms with Gasteiger partial charge >= 0.3 is 0 Å². The van der Waals surface area contributed by atoms with Crippen molar-refractivity contribution in [1.29, 1.82) is 0 Å². The third-order valence-corrected chi connectivity index (χ3v) is 2.26. The Kier molecular flexibility index (Phi) is 6.59. The number of unbranched alkanes of at least 4 members (excludes halogenated alkanes) is 1. The smallest absolute Gasteiger partial charge is 0.148 e. The third-order valence-electron chi connectivity index (χ3n) is 1.87. The van der Waals surface area contributed by atoms with Crippen molar-refractivity contribution in [1.82, 2.24) is 0 Å². The zero-order valence-electron chi connectivity index (χ0n) is 8.09. The molecule has 13 heavy (non-hydrogen) atoms. The Morgan fingerprint density at radius 3 is 2.62 bits per heavy atom. The number of halogens is 1. The molecule has 0 saturated heterocycles. The van der Waals surface area contributed by atoms with Crippen molar-refractivity contribution in [3.8, 4) is 0 Å². The van der Waals surface area contributed by atoms with E-state index in [1.807, 2.05) is 0 Å². The van der Waals surface area contributed by atoms with Crippen LogP contribution in [0.25, 0.3) is 0 Å². The first-order chi connectivity index (χ1) is 6.11. The number of carbonyl (C=O) groups is 1. The van der Waals surface area contributed by atoms with Crippen LogP contribution in [0.5, 0.6) is 0 Å². The highest BCUT2D eigenvalue weighted by atomic mass is 35.5. The maximum absolute atomic E-state index is 10.8. The molecule has 76 valence electrons. The summed E-state index contributed by atoms with van der Waals surface area (Å²) in [6.07, 6.45) is 3.20. The molecule has 0 aliphatic heterocycles. The first-order valence-electron chi connectivity index (χ1n) is 4.48.